The Morgan fingerprint density at radius 3 is 1.82 bits per heavy atom. The van der Waals surface area contributed by atoms with Crippen molar-refractivity contribution in [2.75, 3.05) is 32.5 Å². The van der Waals surface area contributed by atoms with Crippen LogP contribution in [0.15, 0.2) is 0 Å². The van der Waals surface area contributed by atoms with Crippen molar-refractivity contribution >= 4 is 36.3 Å². The lowest BCUT2D eigenvalue weighted by molar-refractivity contribution is -0.250. The van der Waals surface area contributed by atoms with Crippen LogP contribution < -0.4 is 5.32 Å². The Hall–Kier alpha value is -0.880. The summed E-state index contributed by atoms with van der Waals surface area (Å²) in [5.74, 6) is -0.623. The molecular weight excluding hydrogens is 446 g/mol. The third-order valence-electron chi connectivity index (χ3n) is 3.27. The molecule has 5 atom stereocenters. The van der Waals surface area contributed by atoms with Crippen molar-refractivity contribution in [3.63, 3.8) is 0 Å². The second kappa shape index (κ2) is 9.29. The monoisotopic (exact) mass is 469 g/mol. The van der Waals surface area contributed by atoms with Crippen molar-refractivity contribution in [1.82, 2.24) is 5.32 Å². The maximum Gasteiger partial charge on any atom is 0.264 e. The SMILES string of the molecule is CO[C@@H]1O[C@H](COS(C)(=O)=O)[C@@H](OS(C)(=O)=O)[C@H](OS(C)(=O)=O)[C@H]1NC(C)=O. The summed E-state index contributed by atoms with van der Waals surface area (Å²) in [6.07, 6.45) is -3.95. The summed E-state index contributed by atoms with van der Waals surface area (Å²) in [4.78, 5) is 11.5. The van der Waals surface area contributed by atoms with Crippen LogP contribution in [0.5, 0.6) is 0 Å². The molecule has 0 bridgehead atoms. The first-order chi connectivity index (χ1) is 12.5. The number of hydrogen-bond donors (Lipinski definition) is 1. The topological polar surface area (TPSA) is 178 Å². The quantitative estimate of drug-likeness (QED) is 0.352. The van der Waals surface area contributed by atoms with E-state index in [1.165, 1.54) is 7.11 Å². The molecule has 0 spiro atoms. The molecule has 1 amide bonds. The molecule has 0 aliphatic carbocycles. The fraction of sp³-hybridized carbons (Fsp3) is 0.917. The second-order valence-corrected chi connectivity index (χ2v) is 10.9. The normalized spacial score (nSPS) is 29.4. The molecule has 16 heteroatoms. The van der Waals surface area contributed by atoms with Crippen LogP contribution in [0, 0.1) is 0 Å². The molecule has 28 heavy (non-hydrogen) atoms. The Balaban J connectivity index is 3.41. The summed E-state index contributed by atoms with van der Waals surface area (Å²) in [5.41, 5.74) is 0. The molecule has 1 fully saturated rings. The number of carbonyl (C=O) groups excluding carboxylic acids is 1. The Morgan fingerprint density at radius 2 is 1.43 bits per heavy atom. The maximum absolute atomic E-state index is 11.7. The molecule has 1 heterocycles. The third kappa shape index (κ3) is 8.64. The highest BCUT2D eigenvalue weighted by Crippen LogP contribution is 2.29. The molecule has 0 unspecified atom stereocenters. The van der Waals surface area contributed by atoms with Crippen LogP contribution in [0.25, 0.3) is 0 Å². The first-order valence-electron chi connectivity index (χ1n) is 7.58. The lowest BCUT2D eigenvalue weighted by Gasteiger charge is -2.44. The van der Waals surface area contributed by atoms with Crippen molar-refractivity contribution < 1.29 is 52.1 Å². The summed E-state index contributed by atoms with van der Waals surface area (Å²) in [6.45, 7) is 0.394. The van der Waals surface area contributed by atoms with Crippen molar-refractivity contribution in [1.29, 1.82) is 0 Å². The van der Waals surface area contributed by atoms with Crippen LogP contribution in [-0.4, -0.2) is 94.3 Å². The highest BCUT2D eigenvalue weighted by molar-refractivity contribution is 7.86. The standard InChI is InChI=1S/C12H23NO12S3/c1-7(14)13-9-11(25-28(5,19)20)10(24-27(4,17)18)8(23-12(9)21-2)6-22-26(3,15)16/h8-12H,6H2,1-5H3,(H,13,14)/t8-,9-,10-,11-,12-/m1/s1. The highest BCUT2D eigenvalue weighted by Gasteiger charge is 2.51. The van der Waals surface area contributed by atoms with E-state index in [9.17, 15) is 30.0 Å². The minimum Gasteiger partial charge on any atom is -0.354 e. The number of ether oxygens (including phenoxy) is 2. The van der Waals surface area contributed by atoms with E-state index in [1.54, 1.807) is 0 Å². The van der Waals surface area contributed by atoms with Gasteiger partial charge in [-0.3, -0.25) is 17.3 Å². The summed E-state index contributed by atoms with van der Waals surface area (Å²) in [7, 11) is -11.1. The van der Waals surface area contributed by atoms with Gasteiger partial charge in [-0.1, -0.05) is 0 Å². The predicted molar refractivity (Wildman–Crippen MR) is 93.5 cm³/mol. The van der Waals surface area contributed by atoms with Crippen molar-refractivity contribution in [3.8, 4) is 0 Å². The van der Waals surface area contributed by atoms with Gasteiger partial charge >= 0.3 is 0 Å². The van der Waals surface area contributed by atoms with Gasteiger partial charge in [-0.05, 0) is 0 Å². The zero-order chi connectivity index (χ0) is 21.9. The number of methoxy groups -OCH3 is 1. The van der Waals surface area contributed by atoms with Crippen LogP contribution in [0.4, 0.5) is 0 Å². The zero-order valence-electron chi connectivity index (χ0n) is 15.7. The Morgan fingerprint density at radius 1 is 0.929 bits per heavy atom. The predicted octanol–water partition coefficient (Wildman–Crippen LogP) is -2.47. The average molecular weight is 470 g/mol. The molecule has 0 aromatic carbocycles. The van der Waals surface area contributed by atoms with E-state index in [4.69, 9.17) is 17.8 Å². The van der Waals surface area contributed by atoms with E-state index in [0.717, 1.165) is 13.2 Å². The van der Waals surface area contributed by atoms with Gasteiger partial charge in [-0.25, -0.2) is 0 Å². The lowest BCUT2D eigenvalue weighted by Crippen LogP contribution is -2.66. The van der Waals surface area contributed by atoms with Gasteiger partial charge in [0, 0.05) is 14.0 Å². The number of amides is 1. The summed E-state index contributed by atoms with van der Waals surface area (Å²) in [6, 6.07) is -1.31. The second-order valence-electron chi connectivity index (χ2n) is 6.02. The van der Waals surface area contributed by atoms with Crippen LogP contribution >= 0.6 is 0 Å². The molecule has 166 valence electrons. The molecule has 1 aliphatic rings. The Bertz CT molecular complexity index is 866. The van der Waals surface area contributed by atoms with Gasteiger partial charge in [0.05, 0.1) is 25.4 Å². The van der Waals surface area contributed by atoms with E-state index in [0.29, 0.717) is 12.5 Å². The molecule has 13 nitrogen and oxygen atoms in total. The molecule has 0 aromatic heterocycles. The smallest absolute Gasteiger partial charge is 0.264 e. The molecule has 1 N–H and O–H groups in total. The molecule has 0 saturated carbocycles. The largest absolute Gasteiger partial charge is 0.354 e. The number of nitrogens with one attached hydrogen (secondary N) is 1. The molecule has 1 saturated heterocycles. The van der Waals surface area contributed by atoms with E-state index in [-0.39, 0.29) is 0 Å². The van der Waals surface area contributed by atoms with Gasteiger partial charge in [0.1, 0.15) is 24.4 Å². The first kappa shape index (κ1) is 25.2. The number of carbonyl (C=O) groups is 1. The van der Waals surface area contributed by atoms with E-state index in [2.05, 4.69) is 9.50 Å². The van der Waals surface area contributed by atoms with Gasteiger partial charge in [-0.15, -0.1) is 0 Å². The van der Waals surface area contributed by atoms with Crippen LogP contribution in [0.2, 0.25) is 0 Å². The zero-order valence-corrected chi connectivity index (χ0v) is 18.2. The van der Waals surface area contributed by atoms with Crippen LogP contribution in [0.1, 0.15) is 6.92 Å². The molecule has 0 aromatic rings. The lowest BCUT2D eigenvalue weighted by atomic mass is 9.97. The van der Waals surface area contributed by atoms with Crippen molar-refractivity contribution in [3.05, 3.63) is 0 Å². The molecular formula is C12H23NO12S3. The van der Waals surface area contributed by atoms with Gasteiger partial charge in [0.25, 0.3) is 30.4 Å². The van der Waals surface area contributed by atoms with E-state index >= 15 is 0 Å². The van der Waals surface area contributed by atoms with Gasteiger partial charge in [0.15, 0.2) is 6.29 Å². The van der Waals surface area contributed by atoms with Gasteiger partial charge < -0.3 is 14.8 Å². The molecule has 1 aliphatic heterocycles. The number of hydrogen-bond acceptors (Lipinski definition) is 12. The average Bonchev–Trinajstić information content (AvgIpc) is 2.45. The van der Waals surface area contributed by atoms with Gasteiger partial charge in [-0.2, -0.15) is 25.3 Å². The first-order valence-corrected chi connectivity index (χ1v) is 13.0. The van der Waals surface area contributed by atoms with Crippen LogP contribution in [-0.2, 0) is 57.2 Å². The highest BCUT2D eigenvalue weighted by atomic mass is 32.2. The summed E-state index contributed by atoms with van der Waals surface area (Å²) >= 11 is 0. The van der Waals surface area contributed by atoms with Gasteiger partial charge in [0.2, 0.25) is 5.91 Å². The fourth-order valence-corrected chi connectivity index (χ4v) is 4.10. The fourth-order valence-electron chi connectivity index (χ4n) is 2.45. The molecule has 1 rings (SSSR count). The summed E-state index contributed by atoms with van der Waals surface area (Å²) < 4.78 is 94.3. The minimum atomic E-state index is -4.19. The number of rotatable bonds is 9. The van der Waals surface area contributed by atoms with Crippen LogP contribution in [0.3, 0.4) is 0 Å². The minimum absolute atomic E-state index is 0.623. The maximum atomic E-state index is 11.7. The third-order valence-corrected chi connectivity index (χ3v) is 4.97. The molecule has 0 radical (unpaired) electrons. The van der Waals surface area contributed by atoms with E-state index in [1.807, 2.05) is 0 Å². The van der Waals surface area contributed by atoms with Crippen molar-refractivity contribution in [2.24, 2.45) is 0 Å². The Kier molecular flexibility index (Phi) is 8.35. The summed E-state index contributed by atoms with van der Waals surface area (Å²) in [5, 5.41) is 2.35. The Labute approximate surface area is 164 Å². The van der Waals surface area contributed by atoms with E-state index < -0.39 is 73.5 Å². The van der Waals surface area contributed by atoms with Crippen molar-refractivity contribution in [2.45, 2.75) is 37.6 Å².